The van der Waals surface area contributed by atoms with Gasteiger partial charge in [-0.2, -0.15) is 5.10 Å². The fourth-order valence-electron chi connectivity index (χ4n) is 2.32. The maximum Gasteiger partial charge on any atom is 0.274 e. The number of hydrogen-bond acceptors (Lipinski definition) is 3. The van der Waals surface area contributed by atoms with Gasteiger partial charge >= 0.3 is 0 Å². The van der Waals surface area contributed by atoms with Crippen molar-refractivity contribution in [3.63, 3.8) is 0 Å². The van der Waals surface area contributed by atoms with Crippen LogP contribution in [-0.4, -0.2) is 39.2 Å². The Bertz CT molecular complexity index is 407. The van der Waals surface area contributed by atoms with Gasteiger partial charge < -0.3 is 10.6 Å². The van der Waals surface area contributed by atoms with Crippen molar-refractivity contribution >= 4 is 5.91 Å². The summed E-state index contributed by atoms with van der Waals surface area (Å²) in [6, 6.07) is 2.26. The fraction of sp³-hybridized carbons (Fsp3) is 0.667. The predicted octanol–water partition coefficient (Wildman–Crippen LogP) is 0.680. The summed E-state index contributed by atoms with van der Waals surface area (Å²) in [5, 5.41) is 4.23. The van der Waals surface area contributed by atoms with Crippen LogP contribution in [0.5, 0.6) is 0 Å². The van der Waals surface area contributed by atoms with Gasteiger partial charge in [-0.05, 0) is 32.8 Å². The van der Waals surface area contributed by atoms with Crippen molar-refractivity contribution in [3.8, 4) is 0 Å². The Morgan fingerprint density at radius 1 is 1.59 bits per heavy atom. The molecule has 5 heteroatoms. The van der Waals surface area contributed by atoms with Crippen molar-refractivity contribution in [2.45, 2.75) is 38.8 Å². The molecule has 0 saturated carbocycles. The molecular weight excluding hydrogens is 216 g/mol. The average Bonchev–Trinajstić information content (AvgIpc) is 2.58. The maximum absolute atomic E-state index is 12.3. The zero-order valence-electron chi connectivity index (χ0n) is 10.7. The highest BCUT2D eigenvalue weighted by atomic mass is 16.2. The predicted molar refractivity (Wildman–Crippen MR) is 65.7 cm³/mol. The molecule has 1 aromatic heterocycles. The molecule has 1 aliphatic heterocycles. The largest absolute Gasteiger partial charge is 0.334 e. The average molecular weight is 236 g/mol. The van der Waals surface area contributed by atoms with Gasteiger partial charge in [-0.15, -0.1) is 0 Å². The number of piperidine rings is 1. The minimum absolute atomic E-state index is 0.0214. The third-order valence-electron chi connectivity index (χ3n) is 3.51. The van der Waals surface area contributed by atoms with E-state index < -0.39 is 0 Å². The molecule has 2 N–H and O–H groups in total. The molecule has 1 saturated heterocycles. The first-order valence-electron chi connectivity index (χ1n) is 6.06. The van der Waals surface area contributed by atoms with Gasteiger partial charge in [0, 0.05) is 31.4 Å². The van der Waals surface area contributed by atoms with E-state index in [1.54, 1.807) is 4.68 Å². The van der Waals surface area contributed by atoms with Crippen LogP contribution < -0.4 is 5.73 Å². The Morgan fingerprint density at radius 3 is 2.82 bits per heavy atom. The van der Waals surface area contributed by atoms with Gasteiger partial charge in [-0.3, -0.25) is 9.48 Å². The van der Waals surface area contributed by atoms with Crippen molar-refractivity contribution in [2.75, 3.05) is 6.54 Å². The number of hydrogen-bond donors (Lipinski definition) is 1. The lowest BCUT2D eigenvalue weighted by molar-refractivity contribution is 0.0612. The van der Waals surface area contributed by atoms with Crippen molar-refractivity contribution < 1.29 is 4.79 Å². The molecule has 0 radical (unpaired) electrons. The molecule has 1 fully saturated rings. The lowest BCUT2D eigenvalue weighted by atomic mass is 9.99. The van der Waals surface area contributed by atoms with Crippen molar-refractivity contribution in [2.24, 2.45) is 12.8 Å². The molecule has 94 valence electrons. The van der Waals surface area contributed by atoms with Gasteiger partial charge in [0.05, 0.1) is 0 Å². The second-order valence-corrected chi connectivity index (χ2v) is 4.93. The van der Waals surface area contributed by atoms with Gasteiger partial charge in [-0.25, -0.2) is 0 Å². The standard InChI is InChI=1S/C12H20N4O/c1-8-7-11(14-15(8)3)12(17)16-5-4-10(13)6-9(16)2/h7,9-10H,4-6,13H2,1-3H3. The van der Waals surface area contributed by atoms with Crippen LogP contribution in [0.15, 0.2) is 6.07 Å². The summed E-state index contributed by atoms with van der Waals surface area (Å²) in [5.74, 6) is 0.0214. The van der Waals surface area contributed by atoms with Crippen molar-refractivity contribution in [1.29, 1.82) is 0 Å². The summed E-state index contributed by atoms with van der Waals surface area (Å²) >= 11 is 0. The minimum Gasteiger partial charge on any atom is -0.334 e. The van der Waals surface area contributed by atoms with Gasteiger partial charge in [0.2, 0.25) is 0 Å². The fourth-order valence-corrected chi connectivity index (χ4v) is 2.32. The van der Waals surface area contributed by atoms with Crippen LogP contribution in [0.25, 0.3) is 0 Å². The number of aromatic nitrogens is 2. The topological polar surface area (TPSA) is 64.2 Å². The van der Waals surface area contributed by atoms with E-state index in [1.807, 2.05) is 31.9 Å². The van der Waals surface area contributed by atoms with Crippen LogP contribution in [-0.2, 0) is 7.05 Å². The van der Waals surface area contributed by atoms with E-state index in [4.69, 9.17) is 5.73 Å². The highest BCUT2D eigenvalue weighted by molar-refractivity contribution is 5.92. The third kappa shape index (κ3) is 2.34. The van der Waals surface area contributed by atoms with E-state index in [0.29, 0.717) is 5.69 Å². The molecule has 1 amide bonds. The summed E-state index contributed by atoms with van der Waals surface area (Å²) in [4.78, 5) is 14.2. The first-order chi connectivity index (χ1) is 7.99. The molecule has 2 heterocycles. The number of amides is 1. The highest BCUT2D eigenvalue weighted by Gasteiger charge is 2.28. The Kier molecular flexibility index (Phi) is 3.19. The maximum atomic E-state index is 12.3. The van der Waals surface area contributed by atoms with Crippen LogP contribution in [0.3, 0.4) is 0 Å². The molecular formula is C12H20N4O. The third-order valence-corrected chi connectivity index (χ3v) is 3.51. The molecule has 1 aromatic rings. The van der Waals surface area contributed by atoms with Crippen LogP contribution >= 0.6 is 0 Å². The highest BCUT2D eigenvalue weighted by Crippen LogP contribution is 2.18. The van der Waals surface area contributed by atoms with E-state index in [9.17, 15) is 4.79 Å². The molecule has 0 aliphatic carbocycles. The first kappa shape index (κ1) is 12.1. The second-order valence-electron chi connectivity index (χ2n) is 4.93. The summed E-state index contributed by atoms with van der Waals surface area (Å²) in [7, 11) is 1.85. The van der Waals surface area contributed by atoms with Crippen LogP contribution in [0.4, 0.5) is 0 Å². The van der Waals surface area contributed by atoms with E-state index in [2.05, 4.69) is 5.10 Å². The van der Waals surface area contributed by atoms with E-state index in [0.717, 1.165) is 25.1 Å². The molecule has 2 atom stereocenters. The molecule has 0 spiro atoms. The normalized spacial score (nSPS) is 25.1. The number of likely N-dealkylation sites (tertiary alicyclic amines) is 1. The molecule has 2 unspecified atom stereocenters. The van der Waals surface area contributed by atoms with E-state index in [1.165, 1.54) is 0 Å². The van der Waals surface area contributed by atoms with Crippen LogP contribution in [0.2, 0.25) is 0 Å². The molecule has 2 rings (SSSR count). The number of carbonyl (C=O) groups is 1. The van der Waals surface area contributed by atoms with E-state index >= 15 is 0 Å². The van der Waals surface area contributed by atoms with E-state index in [-0.39, 0.29) is 18.0 Å². The Hall–Kier alpha value is -1.36. The zero-order chi connectivity index (χ0) is 12.6. The molecule has 5 nitrogen and oxygen atoms in total. The van der Waals surface area contributed by atoms with Crippen LogP contribution in [0, 0.1) is 6.92 Å². The van der Waals surface area contributed by atoms with Crippen molar-refractivity contribution in [3.05, 3.63) is 17.5 Å². The summed E-state index contributed by atoms with van der Waals surface area (Å²) in [6.07, 6.45) is 1.75. The number of nitrogens with two attached hydrogens (primary N) is 1. The lowest BCUT2D eigenvalue weighted by Crippen LogP contribution is -2.48. The van der Waals surface area contributed by atoms with Crippen LogP contribution in [0.1, 0.15) is 35.9 Å². The lowest BCUT2D eigenvalue weighted by Gasteiger charge is -2.35. The van der Waals surface area contributed by atoms with Gasteiger partial charge in [0.1, 0.15) is 0 Å². The van der Waals surface area contributed by atoms with Gasteiger partial charge in [0.15, 0.2) is 5.69 Å². The number of carbonyl (C=O) groups excluding carboxylic acids is 1. The Balaban J connectivity index is 2.14. The molecule has 0 bridgehead atoms. The summed E-state index contributed by atoms with van der Waals surface area (Å²) in [5.41, 5.74) is 7.43. The van der Waals surface area contributed by atoms with Crippen molar-refractivity contribution in [1.82, 2.24) is 14.7 Å². The molecule has 0 aromatic carbocycles. The SMILES string of the molecule is Cc1cc(C(=O)N2CCC(N)CC2C)nn1C. The second kappa shape index (κ2) is 4.49. The smallest absolute Gasteiger partial charge is 0.274 e. The van der Waals surface area contributed by atoms with Gasteiger partial charge in [0.25, 0.3) is 5.91 Å². The number of nitrogens with zero attached hydrogens (tertiary/aromatic N) is 3. The number of rotatable bonds is 1. The first-order valence-corrected chi connectivity index (χ1v) is 6.06. The molecule has 17 heavy (non-hydrogen) atoms. The minimum atomic E-state index is 0.0214. The van der Waals surface area contributed by atoms with Gasteiger partial charge in [-0.1, -0.05) is 0 Å². The molecule has 1 aliphatic rings. The Labute approximate surface area is 102 Å². The Morgan fingerprint density at radius 2 is 2.29 bits per heavy atom. The summed E-state index contributed by atoms with van der Waals surface area (Å²) in [6.45, 7) is 4.73. The summed E-state index contributed by atoms with van der Waals surface area (Å²) < 4.78 is 1.73. The quantitative estimate of drug-likeness (QED) is 0.780. The number of aryl methyl sites for hydroxylation is 2. The zero-order valence-corrected chi connectivity index (χ0v) is 10.7. The monoisotopic (exact) mass is 236 g/mol.